The molecular formula is C15H21ClN4O2S2. The van der Waals surface area contributed by atoms with Crippen LogP contribution < -0.4 is 5.73 Å². The molecule has 24 heavy (non-hydrogen) atoms. The molecule has 2 N–H and O–H groups in total. The molecule has 0 aliphatic carbocycles. The zero-order chi connectivity index (χ0) is 16.4. The number of nitrogens with zero attached hydrogens (tertiary/aromatic N) is 3. The highest BCUT2D eigenvalue weighted by molar-refractivity contribution is 7.89. The Labute approximate surface area is 152 Å². The highest BCUT2D eigenvalue weighted by atomic mass is 35.5. The van der Waals surface area contributed by atoms with Crippen LogP contribution in [0.4, 0.5) is 5.13 Å². The molecule has 0 saturated carbocycles. The minimum absolute atomic E-state index is 0. The van der Waals surface area contributed by atoms with Gasteiger partial charge in [-0.25, -0.2) is 13.4 Å². The number of hydrogen-bond acceptors (Lipinski definition) is 6. The summed E-state index contributed by atoms with van der Waals surface area (Å²) in [7, 11) is -3.39. The molecule has 1 aliphatic heterocycles. The highest BCUT2D eigenvalue weighted by Gasteiger charge is 2.28. The second kappa shape index (κ2) is 7.79. The minimum atomic E-state index is -3.39. The van der Waals surface area contributed by atoms with Crippen molar-refractivity contribution in [3.63, 3.8) is 0 Å². The SMILES string of the molecule is Cc1ccc(S(=O)(=O)N2CCN(Cc3cnc(N)s3)CC2)cc1.Cl. The maximum atomic E-state index is 12.6. The molecule has 2 aromatic rings. The van der Waals surface area contributed by atoms with E-state index in [0.717, 1.165) is 17.0 Å². The Hall–Kier alpha value is -1.19. The number of nitrogen functional groups attached to an aromatic ring is 1. The van der Waals surface area contributed by atoms with Crippen LogP contribution in [0.25, 0.3) is 0 Å². The van der Waals surface area contributed by atoms with Crippen molar-refractivity contribution < 1.29 is 8.42 Å². The van der Waals surface area contributed by atoms with E-state index in [4.69, 9.17) is 5.73 Å². The molecular weight excluding hydrogens is 368 g/mol. The van der Waals surface area contributed by atoms with Crippen molar-refractivity contribution in [1.82, 2.24) is 14.2 Å². The predicted octanol–water partition coefficient (Wildman–Crippen LogP) is 1.96. The number of aryl methyl sites for hydroxylation is 1. The number of thiazole rings is 1. The Bertz CT molecular complexity index is 769. The molecule has 6 nitrogen and oxygen atoms in total. The topological polar surface area (TPSA) is 79.5 Å². The van der Waals surface area contributed by atoms with Crippen molar-refractivity contribution in [1.29, 1.82) is 0 Å². The summed E-state index contributed by atoms with van der Waals surface area (Å²) in [5, 5.41) is 0.570. The monoisotopic (exact) mass is 388 g/mol. The molecule has 1 fully saturated rings. The first kappa shape index (κ1) is 19.1. The summed E-state index contributed by atoms with van der Waals surface area (Å²) in [5.74, 6) is 0. The van der Waals surface area contributed by atoms with Gasteiger partial charge in [0.05, 0.1) is 4.90 Å². The first-order valence-electron chi connectivity index (χ1n) is 7.44. The lowest BCUT2D eigenvalue weighted by Gasteiger charge is -2.33. The van der Waals surface area contributed by atoms with Crippen LogP contribution in [0, 0.1) is 6.92 Å². The Morgan fingerprint density at radius 2 is 1.79 bits per heavy atom. The lowest BCUT2D eigenvalue weighted by Crippen LogP contribution is -2.48. The Morgan fingerprint density at radius 3 is 2.33 bits per heavy atom. The fourth-order valence-corrected chi connectivity index (χ4v) is 4.75. The zero-order valence-corrected chi connectivity index (χ0v) is 15.8. The van der Waals surface area contributed by atoms with Crippen LogP contribution in [-0.4, -0.2) is 48.8 Å². The molecule has 0 radical (unpaired) electrons. The summed E-state index contributed by atoms with van der Waals surface area (Å²) in [6, 6.07) is 7.02. The van der Waals surface area contributed by atoms with Crippen molar-refractivity contribution >= 4 is 38.9 Å². The van der Waals surface area contributed by atoms with E-state index in [1.165, 1.54) is 11.3 Å². The van der Waals surface area contributed by atoms with Crippen LogP contribution in [0.5, 0.6) is 0 Å². The molecule has 2 heterocycles. The van der Waals surface area contributed by atoms with Gasteiger partial charge in [-0.3, -0.25) is 4.90 Å². The molecule has 1 aromatic carbocycles. The second-order valence-electron chi connectivity index (χ2n) is 5.66. The van der Waals surface area contributed by atoms with E-state index in [9.17, 15) is 8.42 Å². The maximum absolute atomic E-state index is 12.6. The van der Waals surface area contributed by atoms with Crippen molar-refractivity contribution in [2.45, 2.75) is 18.4 Å². The van der Waals surface area contributed by atoms with Crippen molar-refractivity contribution in [2.24, 2.45) is 0 Å². The normalized spacial score (nSPS) is 16.7. The summed E-state index contributed by atoms with van der Waals surface area (Å²) in [4.78, 5) is 7.75. The number of aromatic nitrogens is 1. The fraction of sp³-hybridized carbons (Fsp3) is 0.400. The smallest absolute Gasteiger partial charge is 0.243 e. The number of halogens is 1. The van der Waals surface area contributed by atoms with Crippen LogP contribution in [0.15, 0.2) is 35.4 Å². The van der Waals surface area contributed by atoms with Gasteiger partial charge in [-0.05, 0) is 19.1 Å². The zero-order valence-electron chi connectivity index (χ0n) is 13.4. The molecule has 9 heteroatoms. The van der Waals surface area contributed by atoms with E-state index in [1.54, 1.807) is 22.6 Å². The predicted molar refractivity (Wildman–Crippen MR) is 99.0 cm³/mol. The summed E-state index contributed by atoms with van der Waals surface area (Å²) < 4.78 is 26.9. The van der Waals surface area contributed by atoms with E-state index in [-0.39, 0.29) is 12.4 Å². The maximum Gasteiger partial charge on any atom is 0.243 e. The molecule has 1 saturated heterocycles. The number of hydrogen-bond donors (Lipinski definition) is 1. The van der Waals surface area contributed by atoms with Gasteiger partial charge in [0, 0.05) is 43.8 Å². The molecule has 1 aliphatic rings. The van der Waals surface area contributed by atoms with Gasteiger partial charge >= 0.3 is 0 Å². The lowest BCUT2D eigenvalue weighted by atomic mass is 10.2. The number of anilines is 1. The van der Waals surface area contributed by atoms with E-state index in [1.807, 2.05) is 19.1 Å². The number of benzene rings is 1. The average molecular weight is 389 g/mol. The van der Waals surface area contributed by atoms with E-state index in [2.05, 4.69) is 9.88 Å². The molecule has 3 rings (SSSR count). The summed E-state index contributed by atoms with van der Waals surface area (Å²) >= 11 is 1.48. The molecule has 0 bridgehead atoms. The average Bonchev–Trinajstić information content (AvgIpc) is 2.93. The van der Waals surface area contributed by atoms with Gasteiger partial charge in [0.25, 0.3) is 0 Å². The summed E-state index contributed by atoms with van der Waals surface area (Å²) in [6.45, 7) is 5.15. The van der Waals surface area contributed by atoms with Crippen molar-refractivity contribution in [3.8, 4) is 0 Å². The third kappa shape index (κ3) is 4.25. The van der Waals surface area contributed by atoms with E-state index < -0.39 is 10.0 Å². The van der Waals surface area contributed by atoms with Gasteiger partial charge in [-0.2, -0.15) is 4.31 Å². The first-order valence-corrected chi connectivity index (χ1v) is 9.70. The number of sulfonamides is 1. The van der Waals surface area contributed by atoms with Gasteiger partial charge < -0.3 is 5.73 Å². The third-order valence-electron chi connectivity index (χ3n) is 3.94. The fourth-order valence-electron chi connectivity index (χ4n) is 2.60. The summed E-state index contributed by atoms with van der Waals surface area (Å²) in [5.41, 5.74) is 6.69. The largest absolute Gasteiger partial charge is 0.375 e. The molecule has 132 valence electrons. The second-order valence-corrected chi connectivity index (χ2v) is 8.74. The summed E-state index contributed by atoms with van der Waals surface area (Å²) in [6.07, 6.45) is 1.79. The highest BCUT2D eigenvalue weighted by Crippen LogP contribution is 2.21. The van der Waals surface area contributed by atoms with E-state index in [0.29, 0.717) is 36.2 Å². The van der Waals surface area contributed by atoms with Gasteiger partial charge in [0.2, 0.25) is 10.0 Å². The Balaban J connectivity index is 0.00000208. The van der Waals surface area contributed by atoms with Gasteiger partial charge in [-0.1, -0.05) is 17.7 Å². The minimum Gasteiger partial charge on any atom is -0.375 e. The molecule has 1 aromatic heterocycles. The molecule has 0 amide bonds. The van der Waals surface area contributed by atoms with Crippen molar-refractivity contribution in [2.75, 3.05) is 31.9 Å². The molecule has 0 atom stereocenters. The van der Waals surface area contributed by atoms with E-state index >= 15 is 0 Å². The number of piperazine rings is 1. The van der Waals surface area contributed by atoms with Gasteiger partial charge in [-0.15, -0.1) is 23.7 Å². The van der Waals surface area contributed by atoms with Crippen LogP contribution in [-0.2, 0) is 16.6 Å². The van der Waals surface area contributed by atoms with Crippen molar-refractivity contribution in [3.05, 3.63) is 40.9 Å². The first-order chi connectivity index (χ1) is 10.9. The quantitative estimate of drug-likeness (QED) is 0.866. The molecule has 0 unspecified atom stereocenters. The Kier molecular flexibility index (Phi) is 6.22. The van der Waals surface area contributed by atoms with Crippen LogP contribution >= 0.6 is 23.7 Å². The van der Waals surface area contributed by atoms with Gasteiger partial charge in [0.15, 0.2) is 5.13 Å². The third-order valence-corrected chi connectivity index (χ3v) is 6.67. The number of nitrogens with two attached hydrogens (primary N) is 1. The standard InChI is InChI=1S/C15H20N4O2S2.ClH/c1-12-2-4-14(5-3-12)23(20,21)19-8-6-18(7-9-19)11-13-10-17-15(16)22-13;/h2-5,10H,6-9,11H2,1H3,(H2,16,17);1H. The number of rotatable bonds is 4. The Morgan fingerprint density at radius 1 is 1.17 bits per heavy atom. The lowest BCUT2D eigenvalue weighted by molar-refractivity contribution is 0.183. The van der Waals surface area contributed by atoms with Crippen LogP contribution in [0.2, 0.25) is 0 Å². The van der Waals surface area contributed by atoms with Gasteiger partial charge in [0.1, 0.15) is 0 Å². The van der Waals surface area contributed by atoms with Crippen LogP contribution in [0.3, 0.4) is 0 Å². The van der Waals surface area contributed by atoms with Crippen LogP contribution in [0.1, 0.15) is 10.4 Å². The molecule has 0 spiro atoms.